The van der Waals surface area contributed by atoms with Crippen LogP contribution in [0.3, 0.4) is 0 Å². The zero-order chi connectivity index (χ0) is 16.9. The van der Waals surface area contributed by atoms with Gasteiger partial charge in [-0.15, -0.1) is 0 Å². The minimum Gasteiger partial charge on any atom is -0.486 e. The molecule has 0 fully saturated rings. The van der Waals surface area contributed by atoms with Crippen molar-refractivity contribution in [3.05, 3.63) is 54.1 Å². The topological polar surface area (TPSA) is 50.8 Å². The molecule has 0 aromatic heterocycles. The fourth-order valence-corrected chi connectivity index (χ4v) is 2.71. The summed E-state index contributed by atoms with van der Waals surface area (Å²) in [6.07, 6.45) is 0. The number of benzene rings is 2. The highest BCUT2D eigenvalue weighted by Gasteiger charge is 2.19. The van der Waals surface area contributed by atoms with Gasteiger partial charge in [0.15, 0.2) is 11.5 Å². The van der Waals surface area contributed by atoms with Crippen molar-refractivity contribution in [3.63, 3.8) is 0 Å². The maximum absolute atomic E-state index is 12.5. The van der Waals surface area contributed by atoms with Crippen LogP contribution in [-0.2, 0) is 11.3 Å². The van der Waals surface area contributed by atoms with Gasteiger partial charge in [-0.1, -0.05) is 30.3 Å². The van der Waals surface area contributed by atoms with Crippen LogP contribution in [0.1, 0.15) is 12.5 Å². The van der Waals surface area contributed by atoms with Crippen molar-refractivity contribution < 1.29 is 14.3 Å². The standard InChI is InChI=1S/C19H22N2O3/c1-14(19(22)21(2)13-15-6-4-3-5-7-15)20-16-8-9-17-18(12-16)24-11-10-23-17/h3-9,12,14,20H,10-11,13H2,1-2H3/t14-/m1/s1. The predicted molar refractivity (Wildman–Crippen MR) is 93.4 cm³/mol. The quantitative estimate of drug-likeness (QED) is 0.918. The zero-order valence-corrected chi connectivity index (χ0v) is 14.0. The molecule has 1 aliphatic rings. The first-order valence-electron chi connectivity index (χ1n) is 8.08. The number of fused-ring (bicyclic) bond motifs is 1. The molecule has 1 heterocycles. The molecule has 3 rings (SSSR count). The van der Waals surface area contributed by atoms with Crippen molar-refractivity contribution >= 4 is 11.6 Å². The van der Waals surface area contributed by atoms with E-state index >= 15 is 0 Å². The Bertz CT molecular complexity index is 703. The second-order valence-electron chi connectivity index (χ2n) is 5.90. The maximum atomic E-state index is 12.5. The van der Waals surface area contributed by atoms with Gasteiger partial charge in [0.05, 0.1) is 0 Å². The molecule has 0 bridgehead atoms. The molecule has 2 aromatic rings. The van der Waals surface area contributed by atoms with E-state index in [2.05, 4.69) is 5.32 Å². The first-order valence-corrected chi connectivity index (χ1v) is 8.08. The number of carbonyl (C=O) groups is 1. The minimum absolute atomic E-state index is 0.0359. The van der Waals surface area contributed by atoms with Crippen molar-refractivity contribution in [2.45, 2.75) is 19.5 Å². The second kappa shape index (κ2) is 7.25. The maximum Gasteiger partial charge on any atom is 0.244 e. The van der Waals surface area contributed by atoms with E-state index in [0.717, 1.165) is 17.0 Å². The fourth-order valence-electron chi connectivity index (χ4n) is 2.71. The molecule has 1 amide bonds. The van der Waals surface area contributed by atoms with E-state index in [4.69, 9.17) is 9.47 Å². The van der Waals surface area contributed by atoms with Crippen molar-refractivity contribution in [1.82, 2.24) is 4.90 Å². The highest BCUT2D eigenvalue weighted by molar-refractivity contribution is 5.84. The van der Waals surface area contributed by atoms with Gasteiger partial charge in [0.25, 0.3) is 0 Å². The molecular weight excluding hydrogens is 304 g/mol. The number of amides is 1. The van der Waals surface area contributed by atoms with Crippen molar-refractivity contribution in [2.75, 3.05) is 25.6 Å². The van der Waals surface area contributed by atoms with Gasteiger partial charge in [0.2, 0.25) is 5.91 Å². The number of hydrogen-bond acceptors (Lipinski definition) is 4. The summed E-state index contributed by atoms with van der Waals surface area (Å²) in [7, 11) is 1.82. The summed E-state index contributed by atoms with van der Waals surface area (Å²) in [5.74, 6) is 1.49. The van der Waals surface area contributed by atoms with E-state index in [0.29, 0.717) is 25.5 Å². The molecule has 2 aromatic carbocycles. The molecule has 0 spiro atoms. The van der Waals surface area contributed by atoms with E-state index in [-0.39, 0.29) is 11.9 Å². The number of nitrogens with zero attached hydrogens (tertiary/aromatic N) is 1. The van der Waals surface area contributed by atoms with Gasteiger partial charge >= 0.3 is 0 Å². The van der Waals surface area contributed by atoms with E-state index in [1.807, 2.05) is 62.5 Å². The summed E-state index contributed by atoms with van der Waals surface area (Å²) in [6, 6.07) is 15.3. The molecule has 0 radical (unpaired) electrons. The Hall–Kier alpha value is -2.69. The molecule has 5 heteroatoms. The van der Waals surface area contributed by atoms with Gasteiger partial charge < -0.3 is 19.7 Å². The summed E-state index contributed by atoms with van der Waals surface area (Å²) in [4.78, 5) is 14.3. The molecule has 24 heavy (non-hydrogen) atoms. The lowest BCUT2D eigenvalue weighted by atomic mass is 10.2. The summed E-state index contributed by atoms with van der Waals surface area (Å²) in [5, 5.41) is 3.23. The monoisotopic (exact) mass is 326 g/mol. The Morgan fingerprint density at radius 3 is 2.58 bits per heavy atom. The van der Waals surface area contributed by atoms with Crippen LogP contribution < -0.4 is 14.8 Å². The van der Waals surface area contributed by atoms with Crippen molar-refractivity contribution in [1.29, 1.82) is 0 Å². The van der Waals surface area contributed by atoms with E-state index in [1.165, 1.54) is 0 Å². The first kappa shape index (κ1) is 16.2. The summed E-state index contributed by atoms with van der Waals surface area (Å²) in [6.45, 7) is 3.57. The average molecular weight is 326 g/mol. The molecule has 1 aliphatic heterocycles. The van der Waals surface area contributed by atoms with Crippen LogP contribution in [0, 0.1) is 0 Å². The third-order valence-corrected chi connectivity index (χ3v) is 3.93. The molecule has 0 saturated carbocycles. The Balaban J connectivity index is 1.61. The fraction of sp³-hybridized carbons (Fsp3) is 0.316. The number of nitrogens with one attached hydrogen (secondary N) is 1. The first-order chi connectivity index (χ1) is 11.6. The molecule has 0 saturated heterocycles. The largest absolute Gasteiger partial charge is 0.486 e. The summed E-state index contributed by atoms with van der Waals surface area (Å²) >= 11 is 0. The van der Waals surface area contributed by atoms with Gasteiger partial charge in [0.1, 0.15) is 19.3 Å². The Morgan fingerprint density at radius 2 is 1.83 bits per heavy atom. The van der Waals surface area contributed by atoms with Crippen molar-refractivity contribution in [2.24, 2.45) is 0 Å². The highest BCUT2D eigenvalue weighted by Crippen LogP contribution is 2.32. The Morgan fingerprint density at radius 1 is 1.12 bits per heavy atom. The van der Waals surface area contributed by atoms with Gasteiger partial charge in [-0.05, 0) is 24.6 Å². The third-order valence-electron chi connectivity index (χ3n) is 3.93. The van der Waals surface area contributed by atoms with Crippen molar-refractivity contribution in [3.8, 4) is 11.5 Å². The van der Waals surface area contributed by atoms with Crippen LogP contribution in [0.15, 0.2) is 48.5 Å². The molecular formula is C19H22N2O3. The third kappa shape index (κ3) is 3.79. The number of hydrogen-bond donors (Lipinski definition) is 1. The summed E-state index contributed by atoms with van der Waals surface area (Å²) in [5.41, 5.74) is 1.95. The van der Waals surface area contributed by atoms with Crippen LogP contribution in [0.2, 0.25) is 0 Å². The number of ether oxygens (including phenoxy) is 2. The SMILES string of the molecule is C[C@@H](Nc1ccc2c(c1)OCCO2)C(=O)N(C)Cc1ccccc1. The molecule has 1 atom stereocenters. The number of rotatable bonds is 5. The van der Waals surface area contributed by atoms with Crippen LogP contribution in [0.25, 0.3) is 0 Å². The molecule has 0 unspecified atom stereocenters. The lowest BCUT2D eigenvalue weighted by Gasteiger charge is -2.24. The number of carbonyl (C=O) groups excluding carboxylic acids is 1. The van der Waals surface area contributed by atoms with E-state index < -0.39 is 0 Å². The van der Waals surface area contributed by atoms with Gasteiger partial charge in [-0.2, -0.15) is 0 Å². The number of anilines is 1. The smallest absolute Gasteiger partial charge is 0.244 e. The van der Waals surface area contributed by atoms with Gasteiger partial charge in [-0.3, -0.25) is 4.79 Å². The van der Waals surface area contributed by atoms with Crippen LogP contribution in [0.5, 0.6) is 11.5 Å². The van der Waals surface area contributed by atoms with E-state index in [9.17, 15) is 4.79 Å². The Labute approximate surface area is 142 Å². The lowest BCUT2D eigenvalue weighted by Crippen LogP contribution is -2.38. The number of likely N-dealkylation sites (N-methyl/N-ethyl adjacent to an activating group) is 1. The van der Waals surface area contributed by atoms with Gasteiger partial charge in [-0.25, -0.2) is 0 Å². The molecule has 5 nitrogen and oxygen atoms in total. The highest BCUT2D eigenvalue weighted by atomic mass is 16.6. The lowest BCUT2D eigenvalue weighted by molar-refractivity contribution is -0.130. The predicted octanol–water partition coefficient (Wildman–Crippen LogP) is 2.92. The van der Waals surface area contributed by atoms with Crippen LogP contribution in [0.4, 0.5) is 5.69 Å². The van der Waals surface area contributed by atoms with Crippen LogP contribution >= 0.6 is 0 Å². The zero-order valence-electron chi connectivity index (χ0n) is 14.0. The summed E-state index contributed by atoms with van der Waals surface area (Å²) < 4.78 is 11.1. The molecule has 0 aliphatic carbocycles. The normalized spacial score (nSPS) is 13.9. The van der Waals surface area contributed by atoms with Crippen LogP contribution in [-0.4, -0.2) is 37.1 Å². The van der Waals surface area contributed by atoms with E-state index in [1.54, 1.807) is 4.90 Å². The Kier molecular flexibility index (Phi) is 4.89. The second-order valence-corrected chi connectivity index (χ2v) is 5.90. The van der Waals surface area contributed by atoms with Gasteiger partial charge in [0, 0.05) is 25.3 Å². The molecule has 1 N–H and O–H groups in total. The minimum atomic E-state index is -0.332. The molecule has 126 valence electrons. The average Bonchev–Trinajstić information content (AvgIpc) is 2.61.